The molecule has 0 atom stereocenters. The maximum Gasteiger partial charge on any atom is 0.289 e. The Morgan fingerprint density at radius 1 is 1.17 bits per heavy atom. The highest BCUT2D eigenvalue weighted by molar-refractivity contribution is 7.89. The Morgan fingerprint density at radius 3 is 2.69 bits per heavy atom. The second-order valence-electron chi connectivity index (χ2n) is 6.37. The molecule has 11 heteroatoms. The quantitative estimate of drug-likeness (QED) is 0.381. The van der Waals surface area contributed by atoms with Gasteiger partial charge in [0.2, 0.25) is 15.8 Å². The van der Waals surface area contributed by atoms with Gasteiger partial charge in [-0.05, 0) is 24.6 Å². The molecule has 0 bridgehead atoms. The van der Waals surface area contributed by atoms with E-state index in [4.69, 9.17) is 0 Å². The number of carbonyl (C=O) groups is 1. The van der Waals surface area contributed by atoms with Gasteiger partial charge in [-0.25, -0.2) is 18.4 Å². The number of nitrogens with zero attached hydrogens (tertiary/aromatic N) is 4. The third-order valence-electron chi connectivity index (χ3n) is 4.71. The number of nitrogens with one attached hydrogen (secondary N) is 1. The number of aromatic amines is 1. The Kier molecular flexibility index (Phi) is 4.68. The number of H-pyrrole nitrogens is 1. The van der Waals surface area contributed by atoms with Crippen LogP contribution in [0.3, 0.4) is 0 Å². The van der Waals surface area contributed by atoms with Gasteiger partial charge in [-0.2, -0.15) is 4.31 Å². The van der Waals surface area contributed by atoms with E-state index in [1.807, 2.05) is 0 Å². The molecule has 0 aliphatic carbocycles. The zero-order valence-electron chi connectivity index (χ0n) is 15.0. The SMILES string of the molecule is O=C(c1ccc[nH]1)c1ncnc2c1CCN(S(=O)(=O)c1ccccc1[N+](=O)[O-])C2. The Balaban J connectivity index is 1.69. The number of sulfonamides is 1. The summed E-state index contributed by atoms with van der Waals surface area (Å²) in [7, 11) is -4.12. The first-order valence-electron chi connectivity index (χ1n) is 8.64. The number of ketones is 1. The van der Waals surface area contributed by atoms with Gasteiger partial charge in [0.05, 0.1) is 22.9 Å². The molecule has 1 aliphatic heterocycles. The highest BCUT2D eigenvalue weighted by Crippen LogP contribution is 2.30. The van der Waals surface area contributed by atoms with E-state index in [1.54, 1.807) is 18.3 Å². The lowest BCUT2D eigenvalue weighted by atomic mass is 10.0. The molecule has 0 saturated heterocycles. The average Bonchev–Trinajstić information content (AvgIpc) is 3.27. The van der Waals surface area contributed by atoms with Crippen LogP contribution in [0.1, 0.15) is 27.4 Å². The average molecular weight is 413 g/mol. The Labute approximate surface area is 165 Å². The first-order valence-corrected chi connectivity index (χ1v) is 10.1. The van der Waals surface area contributed by atoms with Crippen LogP contribution in [0.25, 0.3) is 0 Å². The van der Waals surface area contributed by atoms with Crippen LogP contribution in [0, 0.1) is 10.1 Å². The van der Waals surface area contributed by atoms with E-state index in [1.165, 1.54) is 24.5 Å². The normalized spacial score (nSPS) is 14.3. The zero-order valence-corrected chi connectivity index (χ0v) is 15.8. The topological polar surface area (TPSA) is 139 Å². The monoisotopic (exact) mass is 413 g/mol. The summed E-state index contributed by atoms with van der Waals surface area (Å²) in [5.41, 5.74) is 1.11. The van der Waals surface area contributed by atoms with Crippen LogP contribution in [0.4, 0.5) is 5.69 Å². The van der Waals surface area contributed by atoms with Crippen molar-refractivity contribution in [2.75, 3.05) is 6.54 Å². The van der Waals surface area contributed by atoms with Crippen molar-refractivity contribution in [3.8, 4) is 0 Å². The van der Waals surface area contributed by atoms with E-state index in [9.17, 15) is 23.3 Å². The predicted molar refractivity (Wildman–Crippen MR) is 101 cm³/mol. The minimum atomic E-state index is -4.12. The van der Waals surface area contributed by atoms with Gasteiger partial charge in [-0.15, -0.1) is 0 Å². The zero-order chi connectivity index (χ0) is 20.6. The van der Waals surface area contributed by atoms with Crippen molar-refractivity contribution < 1.29 is 18.1 Å². The number of benzene rings is 1. The maximum absolute atomic E-state index is 13.0. The lowest BCUT2D eigenvalue weighted by Gasteiger charge is -2.27. The first-order chi connectivity index (χ1) is 13.9. The van der Waals surface area contributed by atoms with Gasteiger partial charge in [0, 0.05) is 24.4 Å². The van der Waals surface area contributed by atoms with Crippen LogP contribution >= 0.6 is 0 Å². The molecule has 2 aromatic heterocycles. The summed E-state index contributed by atoms with van der Waals surface area (Å²) >= 11 is 0. The Morgan fingerprint density at radius 2 is 1.97 bits per heavy atom. The molecule has 10 nitrogen and oxygen atoms in total. The van der Waals surface area contributed by atoms with Gasteiger partial charge in [-0.3, -0.25) is 14.9 Å². The van der Waals surface area contributed by atoms with Crippen molar-refractivity contribution in [3.63, 3.8) is 0 Å². The third kappa shape index (κ3) is 3.30. The van der Waals surface area contributed by atoms with Crippen LogP contribution in [-0.2, 0) is 23.0 Å². The third-order valence-corrected chi connectivity index (χ3v) is 6.60. The van der Waals surface area contributed by atoms with Gasteiger partial charge in [0.15, 0.2) is 4.90 Å². The number of hydrogen-bond donors (Lipinski definition) is 1. The predicted octanol–water partition coefficient (Wildman–Crippen LogP) is 1.69. The van der Waals surface area contributed by atoms with Crippen molar-refractivity contribution in [2.45, 2.75) is 17.9 Å². The van der Waals surface area contributed by atoms with Crippen LogP contribution in [0.5, 0.6) is 0 Å². The van der Waals surface area contributed by atoms with E-state index in [0.717, 1.165) is 10.4 Å². The number of nitro benzene ring substituents is 1. The molecule has 4 rings (SSSR count). The van der Waals surface area contributed by atoms with Crippen LogP contribution in [0.15, 0.2) is 53.8 Å². The van der Waals surface area contributed by atoms with Crippen LogP contribution in [-0.4, -0.2) is 44.9 Å². The maximum atomic E-state index is 13.0. The summed E-state index contributed by atoms with van der Waals surface area (Å²) in [6.45, 7) is -0.0446. The van der Waals surface area contributed by atoms with E-state index in [0.29, 0.717) is 17.0 Å². The van der Waals surface area contributed by atoms with Crippen molar-refractivity contribution in [1.29, 1.82) is 0 Å². The van der Waals surface area contributed by atoms with E-state index in [-0.39, 0.29) is 35.9 Å². The van der Waals surface area contributed by atoms with E-state index < -0.39 is 20.6 Å². The van der Waals surface area contributed by atoms with Crippen LogP contribution in [0.2, 0.25) is 0 Å². The smallest absolute Gasteiger partial charge is 0.289 e. The van der Waals surface area contributed by atoms with E-state index >= 15 is 0 Å². The summed E-state index contributed by atoms with van der Waals surface area (Å²) in [6.07, 6.45) is 3.07. The Hall–Kier alpha value is -3.44. The fourth-order valence-corrected chi connectivity index (χ4v) is 4.85. The van der Waals surface area contributed by atoms with Crippen molar-refractivity contribution in [3.05, 3.63) is 81.7 Å². The molecule has 1 aromatic carbocycles. The van der Waals surface area contributed by atoms with Crippen molar-refractivity contribution in [2.24, 2.45) is 0 Å². The number of fused-ring (bicyclic) bond motifs is 1. The molecule has 148 valence electrons. The number of para-hydroxylation sites is 1. The van der Waals surface area contributed by atoms with Crippen molar-refractivity contribution >= 4 is 21.5 Å². The number of nitro groups is 1. The molecule has 0 saturated carbocycles. The second-order valence-corrected chi connectivity index (χ2v) is 8.28. The molecular weight excluding hydrogens is 398 g/mol. The van der Waals surface area contributed by atoms with Gasteiger partial charge < -0.3 is 4.98 Å². The standard InChI is InChI=1S/C18H15N5O5S/c24-18(13-4-3-8-19-13)17-12-7-9-22(10-14(12)20-11-21-17)29(27,28)16-6-2-1-5-15(16)23(25)26/h1-6,8,11,19H,7,9-10H2. The number of rotatable bonds is 5. The van der Waals surface area contributed by atoms with Crippen molar-refractivity contribution in [1.82, 2.24) is 19.3 Å². The lowest BCUT2D eigenvalue weighted by molar-refractivity contribution is -0.387. The highest BCUT2D eigenvalue weighted by Gasteiger charge is 2.35. The summed E-state index contributed by atoms with van der Waals surface area (Å²) in [4.78, 5) is 33.9. The molecule has 0 radical (unpaired) electrons. The summed E-state index contributed by atoms with van der Waals surface area (Å²) in [5, 5.41) is 11.2. The minimum Gasteiger partial charge on any atom is -0.358 e. The molecule has 1 aliphatic rings. The minimum absolute atomic E-state index is 0.0553. The molecule has 0 fully saturated rings. The van der Waals surface area contributed by atoms with Gasteiger partial charge in [0.25, 0.3) is 5.69 Å². The number of hydrogen-bond acceptors (Lipinski definition) is 7. The van der Waals surface area contributed by atoms with Gasteiger partial charge in [-0.1, -0.05) is 12.1 Å². The lowest BCUT2D eigenvalue weighted by Crippen LogP contribution is -2.37. The molecule has 3 aromatic rings. The first kappa shape index (κ1) is 18.9. The van der Waals surface area contributed by atoms with E-state index in [2.05, 4.69) is 15.0 Å². The molecule has 0 unspecified atom stereocenters. The second kappa shape index (κ2) is 7.18. The molecule has 1 N–H and O–H groups in total. The number of aromatic nitrogens is 3. The molecule has 0 amide bonds. The summed E-state index contributed by atoms with van der Waals surface area (Å²) in [6, 6.07) is 8.54. The Bertz CT molecular complexity index is 1210. The van der Waals surface area contributed by atoms with Gasteiger partial charge in [0.1, 0.15) is 12.0 Å². The molecule has 3 heterocycles. The molecule has 29 heavy (non-hydrogen) atoms. The largest absolute Gasteiger partial charge is 0.358 e. The number of carbonyl (C=O) groups excluding carboxylic acids is 1. The van der Waals surface area contributed by atoms with Gasteiger partial charge >= 0.3 is 0 Å². The fourth-order valence-electron chi connectivity index (χ4n) is 3.30. The molecular formula is C18H15N5O5S. The fraction of sp³-hybridized carbons (Fsp3) is 0.167. The highest BCUT2D eigenvalue weighted by atomic mass is 32.2. The summed E-state index contributed by atoms with van der Waals surface area (Å²) in [5.74, 6) is -0.302. The van der Waals surface area contributed by atoms with Crippen LogP contribution < -0.4 is 0 Å². The molecule has 0 spiro atoms. The summed E-state index contributed by atoms with van der Waals surface area (Å²) < 4.78 is 27.2.